The van der Waals surface area contributed by atoms with E-state index in [1.807, 2.05) is 6.92 Å². The van der Waals surface area contributed by atoms with E-state index >= 15 is 0 Å². The Bertz CT molecular complexity index is 339. The number of ether oxygens (including phenoxy) is 1. The second-order valence-corrected chi connectivity index (χ2v) is 5.96. The van der Waals surface area contributed by atoms with Crippen molar-refractivity contribution in [3.05, 3.63) is 0 Å². The highest BCUT2D eigenvalue weighted by atomic mass is 16.5. The number of esters is 1. The summed E-state index contributed by atoms with van der Waals surface area (Å²) in [7, 11) is 0. The normalized spacial score (nSPS) is 23.6. The standard InChI is InChI=1S/C15H27N3O2/c1-4-20-15(19)8-13-7-14(17-9-12(2)3)11-18(10-13)6-5-16/h12-14,17H,4,6-11H2,1-3H3. The van der Waals surface area contributed by atoms with Crippen LogP contribution in [-0.4, -0.2) is 49.7 Å². The summed E-state index contributed by atoms with van der Waals surface area (Å²) in [6, 6.07) is 2.56. The molecule has 20 heavy (non-hydrogen) atoms. The number of hydrogen-bond donors (Lipinski definition) is 1. The molecule has 1 heterocycles. The number of piperidine rings is 1. The maximum Gasteiger partial charge on any atom is 0.306 e. The van der Waals surface area contributed by atoms with Gasteiger partial charge in [0.05, 0.1) is 19.2 Å². The third-order valence-electron chi connectivity index (χ3n) is 3.48. The van der Waals surface area contributed by atoms with E-state index in [1.165, 1.54) is 0 Å². The average molecular weight is 281 g/mol. The zero-order valence-electron chi connectivity index (χ0n) is 12.9. The monoisotopic (exact) mass is 281 g/mol. The average Bonchev–Trinajstić information content (AvgIpc) is 2.36. The van der Waals surface area contributed by atoms with Crippen molar-refractivity contribution in [2.45, 2.75) is 39.7 Å². The first-order valence-corrected chi connectivity index (χ1v) is 7.53. The molecule has 2 unspecified atom stereocenters. The summed E-state index contributed by atoms with van der Waals surface area (Å²) in [5, 5.41) is 12.4. The smallest absolute Gasteiger partial charge is 0.306 e. The molecule has 0 spiro atoms. The van der Waals surface area contributed by atoms with Crippen LogP contribution >= 0.6 is 0 Å². The van der Waals surface area contributed by atoms with Crippen LogP contribution in [0.5, 0.6) is 0 Å². The van der Waals surface area contributed by atoms with Gasteiger partial charge in [-0.25, -0.2) is 0 Å². The molecule has 1 saturated heterocycles. The molecule has 114 valence electrons. The Morgan fingerprint density at radius 1 is 1.50 bits per heavy atom. The van der Waals surface area contributed by atoms with Gasteiger partial charge < -0.3 is 10.1 Å². The Morgan fingerprint density at radius 3 is 2.85 bits per heavy atom. The molecular formula is C15H27N3O2. The van der Waals surface area contributed by atoms with Crippen LogP contribution in [0, 0.1) is 23.2 Å². The summed E-state index contributed by atoms with van der Waals surface area (Å²) in [6.07, 6.45) is 1.43. The minimum absolute atomic E-state index is 0.126. The summed E-state index contributed by atoms with van der Waals surface area (Å²) in [5.41, 5.74) is 0. The zero-order chi connectivity index (χ0) is 15.0. The van der Waals surface area contributed by atoms with Gasteiger partial charge in [-0.1, -0.05) is 13.8 Å². The van der Waals surface area contributed by atoms with Crippen molar-refractivity contribution in [1.82, 2.24) is 10.2 Å². The molecular weight excluding hydrogens is 254 g/mol. The van der Waals surface area contributed by atoms with Gasteiger partial charge in [0.15, 0.2) is 0 Å². The lowest BCUT2D eigenvalue weighted by molar-refractivity contribution is -0.144. The van der Waals surface area contributed by atoms with Crippen LogP contribution in [0.25, 0.3) is 0 Å². The zero-order valence-corrected chi connectivity index (χ0v) is 12.9. The maximum atomic E-state index is 11.6. The molecule has 1 rings (SSSR count). The first kappa shape index (κ1) is 16.9. The number of nitrogens with one attached hydrogen (secondary N) is 1. The van der Waals surface area contributed by atoms with Crippen molar-refractivity contribution >= 4 is 5.97 Å². The van der Waals surface area contributed by atoms with Gasteiger partial charge in [-0.3, -0.25) is 9.69 Å². The molecule has 2 atom stereocenters. The Kier molecular flexibility index (Phi) is 7.56. The molecule has 0 aromatic carbocycles. The highest BCUT2D eigenvalue weighted by molar-refractivity contribution is 5.69. The van der Waals surface area contributed by atoms with E-state index in [2.05, 4.69) is 30.1 Å². The van der Waals surface area contributed by atoms with E-state index in [1.54, 1.807) is 0 Å². The number of nitriles is 1. The Hall–Kier alpha value is -1.12. The Balaban J connectivity index is 2.51. The number of hydrogen-bond acceptors (Lipinski definition) is 5. The van der Waals surface area contributed by atoms with Crippen LogP contribution in [0.1, 0.15) is 33.6 Å². The summed E-state index contributed by atoms with van der Waals surface area (Å²) < 4.78 is 5.03. The minimum Gasteiger partial charge on any atom is -0.466 e. The second kappa shape index (κ2) is 8.93. The van der Waals surface area contributed by atoms with Gasteiger partial charge in [-0.15, -0.1) is 0 Å². The van der Waals surface area contributed by atoms with Crippen molar-refractivity contribution in [1.29, 1.82) is 5.26 Å². The van der Waals surface area contributed by atoms with Gasteiger partial charge in [0.1, 0.15) is 0 Å². The lowest BCUT2D eigenvalue weighted by atomic mass is 9.91. The first-order chi connectivity index (χ1) is 9.55. The predicted molar refractivity (Wildman–Crippen MR) is 78.0 cm³/mol. The van der Waals surface area contributed by atoms with Crippen LogP contribution in [0.4, 0.5) is 0 Å². The van der Waals surface area contributed by atoms with Crippen LogP contribution in [0.3, 0.4) is 0 Å². The van der Waals surface area contributed by atoms with E-state index in [9.17, 15) is 4.79 Å². The van der Waals surface area contributed by atoms with Crippen molar-refractivity contribution in [2.75, 3.05) is 32.8 Å². The largest absolute Gasteiger partial charge is 0.466 e. The summed E-state index contributed by atoms with van der Waals surface area (Å²) >= 11 is 0. The van der Waals surface area contributed by atoms with Gasteiger partial charge in [0.25, 0.3) is 0 Å². The molecule has 0 radical (unpaired) electrons. The van der Waals surface area contributed by atoms with Crippen LogP contribution < -0.4 is 5.32 Å². The number of nitrogens with zero attached hydrogens (tertiary/aromatic N) is 2. The molecule has 0 aliphatic carbocycles. The van der Waals surface area contributed by atoms with Gasteiger partial charge in [0.2, 0.25) is 0 Å². The highest BCUT2D eigenvalue weighted by Crippen LogP contribution is 2.20. The molecule has 0 saturated carbocycles. The topological polar surface area (TPSA) is 65.4 Å². The van der Waals surface area contributed by atoms with Crippen LogP contribution in [0.2, 0.25) is 0 Å². The van der Waals surface area contributed by atoms with E-state index < -0.39 is 0 Å². The first-order valence-electron chi connectivity index (χ1n) is 7.53. The number of rotatable bonds is 7. The van der Waals surface area contributed by atoms with E-state index in [0.717, 1.165) is 26.1 Å². The van der Waals surface area contributed by atoms with E-state index in [-0.39, 0.29) is 11.9 Å². The third kappa shape index (κ3) is 6.36. The fraction of sp³-hybridized carbons (Fsp3) is 0.867. The number of likely N-dealkylation sites (tertiary alicyclic amines) is 1. The van der Waals surface area contributed by atoms with Crippen molar-refractivity contribution in [3.63, 3.8) is 0 Å². The Morgan fingerprint density at radius 2 is 2.25 bits per heavy atom. The highest BCUT2D eigenvalue weighted by Gasteiger charge is 2.28. The van der Waals surface area contributed by atoms with Crippen molar-refractivity contribution < 1.29 is 9.53 Å². The molecule has 1 aliphatic heterocycles. The minimum atomic E-state index is -0.126. The number of carbonyl (C=O) groups excluding carboxylic acids is 1. The Labute approximate surface area is 122 Å². The molecule has 0 amide bonds. The molecule has 1 N–H and O–H groups in total. The summed E-state index contributed by atoms with van der Waals surface area (Å²) in [4.78, 5) is 13.8. The molecule has 0 aromatic heterocycles. The van der Waals surface area contributed by atoms with E-state index in [0.29, 0.717) is 31.5 Å². The van der Waals surface area contributed by atoms with Crippen LogP contribution in [0.15, 0.2) is 0 Å². The van der Waals surface area contributed by atoms with Gasteiger partial charge in [0, 0.05) is 25.6 Å². The fourth-order valence-electron chi connectivity index (χ4n) is 2.69. The van der Waals surface area contributed by atoms with Crippen molar-refractivity contribution in [3.8, 4) is 6.07 Å². The SMILES string of the molecule is CCOC(=O)CC1CC(NCC(C)C)CN(CC#N)C1. The number of carbonyl (C=O) groups is 1. The molecule has 0 aromatic rings. The molecule has 1 fully saturated rings. The lowest BCUT2D eigenvalue weighted by Gasteiger charge is -2.37. The maximum absolute atomic E-state index is 11.6. The quantitative estimate of drug-likeness (QED) is 0.564. The van der Waals surface area contributed by atoms with Crippen LogP contribution in [-0.2, 0) is 9.53 Å². The third-order valence-corrected chi connectivity index (χ3v) is 3.48. The summed E-state index contributed by atoms with van der Waals surface area (Å²) in [5.74, 6) is 0.754. The molecule has 5 heteroatoms. The summed E-state index contributed by atoms with van der Waals surface area (Å²) in [6.45, 7) is 9.72. The van der Waals surface area contributed by atoms with Gasteiger partial charge >= 0.3 is 5.97 Å². The fourth-order valence-corrected chi connectivity index (χ4v) is 2.69. The predicted octanol–water partition coefficient (Wildman–Crippen LogP) is 1.40. The second-order valence-electron chi connectivity index (χ2n) is 5.96. The molecule has 1 aliphatic rings. The van der Waals surface area contributed by atoms with Gasteiger partial charge in [-0.2, -0.15) is 5.26 Å². The molecule has 5 nitrogen and oxygen atoms in total. The van der Waals surface area contributed by atoms with Crippen molar-refractivity contribution in [2.24, 2.45) is 11.8 Å². The van der Waals surface area contributed by atoms with Gasteiger partial charge in [-0.05, 0) is 31.7 Å². The molecule has 0 bridgehead atoms. The lowest BCUT2D eigenvalue weighted by Crippen LogP contribution is -2.50. The van der Waals surface area contributed by atoms with E-state index in [4.69, 9.17) is 10.00 Å².